The quantitative estimate of drug-likeness (QED) is 0.795. The number of hydrogen-bond acceptors (Lipinski definition) is 6. The fourth-order valence-corrected chi connectivity index (χ4v) is 2.86. The minimum absolute atomic E-state index is 0.0951. The standard InChI is InChI=1S/C14H14N6S/c1-10(15)12-8-5-9-16-13(12)21-14-17-18-19-20(14)11-6-3-2-4-7-11/h2-10H,15H2,1H3/t10-/m1/s1. The first-order valence-electron chi connectivity index (χ1n) is 6.48. The van der Waals surface area contributed by atoms with Crippen LogP contribution in [0.4, 0.5) is 0 Å². The molecule has 2 aromatic heterocycles. The number of tetrazole rings is 1. The van der Waals surface area contributed by atoms with Gasteiger partial charge in [0, 0.05) is 17.8 Å². The molecule has 7 heteroatoms. The zero-order valence-corrected chi connectivity index (χ0v) is 12.2. The van der Waals surface area contributed by atoms with Crippen LogP contribution < -0.4 is 5.73 Å². The molecule has 0 saturated carbocycles. The molecule has 0 fully saturated rings. The van der Waals surface area contributed by atoms with Gasteiger partial charge < -0.3 is 5.73 Å². The van der Waals surface area contributed by atoms with Gasteiger partial charge in [0.25, 0.3) is 0 Å². The molecule has 0 saturated heterocycles. The molecule has 0 spiro atoms. The topological polar surface area (TPSA) is 82.5 Å². The molecule has 1 atom stereocenters. The van der Waals surface area contributed by atoms with E-state index < -0.39 is 0 Å². The SMILES string of the molecule is C[C@@H](N)c1cccnc1Sc1nnnn1-c1ccccc1. The zero-order chi connectivity index (χ0) is 14.7. The van der Waals surface area contributed by atoms with Crippen molar-refractivity contribution in [2.45, 2.75) is 23.1 Å². The molecule has 0 unspecified atom stereocenters. The molecule has 0 amide bonds. The molecule has 3 rings (SSSR count). The summed E-state index contributed by atoms with van der Waals surface area (Å²) in [5.74, 6) is 0. The first-order valence-corrected chi connectivity index (χ1v) is 7.29. The number of nitrogens with two attached hydrogens (primary N) is 1. The van der Waals surface area contributed by atoms with Crippen molar-refractivity contribution >= 4 is 11.8 Å². The summed E-state index contributed by atoms with van der Waals surface area (Å²) in [7, 11) is 0. The van der Waals surface area contributed by atoms with Gasteiger partial charge in [0.2, 0.25) is 5.16 Å². The van der Waals surface area contributed by atoms with Gasteiger partial charge in [-0.1, -0.05) is 24.3 Å². The van der Waals surface area contributed by atoms with Crippen LogP contribution in [-0.4, -0.2) is 25.2 Å². The Kier molecular flexibility index (Phi) is 3.94. The molecule has 3 aromatic rings. The van der Waals surface area contributed by atoms with Crippen molar-refractivity contribution in [2.24, 2.45) is 5.73 Å². The number of pyridine rings is 1. The molecular formula is C14H14N6S. The van der Waals surface area contributed by atoms with E-state index in [4.69, 9.17) is 5.73 Å². The molecule has 1 aromatic carbocycles. The highest BCUT2D eigenvalue weighted by atomic mass is 32.2. The molecule has 106 valence electrons. The summed E-state index contributed by atoms with van der Waals surface area (Å²) in [6.07, 6.45) is 1.74. The lowest BCUT2D eigenvalue weighted by atomic mass is 10.2. The van der Waals surface area contributed by atoms with E-state index in [1.165, 1.54) is 11.8 Å². The second-order valence-electron chi connectivity index (χ2n) is 4.50. The van der Waals surface area contributed by atoms with E-state index in [0.717, 1.165) is 16.3 Å². The molecule has 0 aliphatic rings. The van der Waals surface area contributed by atoms with Gasteiger partial charge in [0.15, 0.2) is 0 Å². The van der Waals surface area contributed by atoms with Crippen molar-refractivity contribution in [3.05, 3.63) is 54.2 Å². The number of nitrogens with zero attached hydrogens (tertiary/aromatic N) is 5. The van der Waals surface area contributed by atoms with Crippen LogP contribution >= 0.6 is 11.8 Å². The predicted octanol–water partition coefficient (Wildman–Crippen LogP) is 2.23. The number of aromatic nitrogens is 5. The maximum absolute atomic E-state index is 5.98. The number of rotatable bonds is 4. The van der Waals surface area contributed by atoms with E-state index in [2.05, 4.69) is 20.5 Å². The molecule has 0 radical (unpaired) electrons. The van der Waals surface area contributed by atoms with Gasteiger partial charge >= 0.3 is 0 Å². The fraction of sp³-hybridized carbons (Fsp3) is 0.143. The van der Waals surface area contributed by atoms with Crippen molar-refractivity contribution in [3.63, 3.8) is 0 Å². The minimum Gasteiger partial charge on any atom is -0.324 e. The van der Waals surface area contributed by atoms with Gasteiger partial charge in [-0.05, 0) is 47.3 Å². The van der Waals surface area contributed by atoms with Gasteiger partial charge in [-0.25, -0.2) is 4.98 Å². The van der Waals surface area contributed by atoms with E-state index in [1.54, 1.807) is 10.9 Å². The first kappa shape index (κ1) is 13.7. The summed E-state index contributed by atoms with van der Waals surface area (Å²) in [5.41, 5.74) is 7.86. The van der Waals surface area contributed by atoms with Crippen LogP contribution in [0, 0.1) is 0 Å². The molecule has 21 heavy (non-hydrogen) atoms. The van der Waals surface area contributed by atoms with Crippen LogP contribution in [-0.2, 0) is 0 Å². The average molecular weight is 298 g/mol. The third kappa shape index (κ3) is 2.93. The van der Waals surface area contributed by atoms with Gasteiger partial charge in [-0.2, -0.15) is 4.68 Å². The first-order chi connectivity index (χ1) is 10.3. The van der Waals surface area contributed by atoms with Gasteiger partial charge in [0.05, 0.1) is 5.69 Å². The lowest BCUT2D eigenvalue weighted by molar-refractivity contribution is 0.752. The highest BCUT2D eigenvalue weighted by Gasteiger charge is 2.14. The van der Waals surface area contributed by atoms with Crippen LogP contribution in [0.2, 0.25) is 0 Å². The average Bonchev–Trinajstić information content (AvgIpc) is 2.96. The molecular weight excluding hydrogens is 284 g/mol. The Morgan fingerprint density at radius 1 is 1.14 bits per heavy atom. The Hall–Kier alpha value is -2.25. The Bertz CT molecular complexity index is 725. The summed E-state index contributed by atoms with van der Waals surface area (Å²) < 4.78 is 1.68. The normalized spacial score (nSPS) is 12.3. The van der Waals surface area contributed by atoms with E-state index in [1.807, 2.05) is 49.4 Å². The smallest absolute Gasteiger partial charge is 0.220 e. The lowest BCUT2D eigenvalue weighted by Gasteiger charge is -2.10. The highest BCUT2D eigenvalue weighted by molar-refractivity contribution is 7.99. The number of para-hydroxylation sites is 1. The van der Waals surface area contributed by atoms with Crippen LogP contribution in [0.5, 0.6) is 0 Å². The van der Waals surface area contributed by atoms with E-state index in [-0.39, 0.29) is 6.04 Å². The van der Waals surface area contributed by atoms with E-state index in [9.17, 15) is 0 Å². The van der Waals surface area contributed by atoms with Crippen molar-refractivity contribution in [1.82, 2.24) is 25.2 Å². The van der Waals surface area contributed by atoms with Crippen LogP contribution in [0.3, 0.4) is 0 Å². The van der Waals surface area contributed by atoms with Crippen LogP contribution in [0.15, 0.2) is 58.8 Å². The number of hydrogen-bond donors (Lipinski definition) is 1. The van der Waals surface area contributed by atoms with E-state index >= 15 is 0 Å². The Morgan fingerprint density at radius 3 is 2.71 bits per heavy atom. The fourth-order valence-electron chi connectivity index (χ4n) is 1.90. The largest absolute Gasteiger partial charge is 0.324 e. The minimum atomic E-state index is -0.0951. The van der Waals surface area contributed by atoms with E-state index in [0.29, 0.717) is 5.16 Å². The summed E-state index contributed by atoms with van der Waals surface area (Å²) in [6, 6.07) is 13.5. The summed E-state index contributed by atoms with van der Waals surface area (Å²) in [4.78, 5) is 4.38. The Balaban J connectivity index is 1.96. The second-order valence-corrected chi connectivity index (χ2v) is 5.45. The van der Waals surface area contributed by atoms with Crippen LogP contribution in [0.1, 0.15) is 18.5 Å². The molecule has 0 aliphatic carbocycles. The maximum Gasteiger partial charge on any atom is 0.220 e. The zero-order valence-electron chi connectivity index (χ0n) is 11.4. The number of benzene rings is 1. The van der Waals surface area contributed by atoms with Crippen molar-refractivity contribution in [1.29, 1.82) is 0 Å². The summed E-state index contributed by atoms with van der Waals surface area (Å²) in [6.45, 7) is 1.93. The van der Waals surface area contributed by atoms with Crippen LogP contribution in [0.25, 0.3) is 5.69 Å². The Labute approximate surface area is 126 Å². The molecule has 6 nitrogen and oxygen atoms in total. The highest BCUT2D eigenvalue weighted by Crippen LogP contribution is 2.30. The van der Waals surface area contributed by atoms with Crippen molar-refractivity contribution in [3.8, 4) is 5.69 Å². The third-order valence-corrected chi connectivity index (χ3v) is 3.89. The lowest BCUT2D eigenvalue weighted by Crippen LogP contribution is -2.07. The van der Waals surface area contributed by atoms with Gasteiger partial charge in [-0.15, -0.1) is 5.10 Å². The second kappa shape index (κ2) is 6.02. The summed E-state index contributed by atoms with van der Waals surface area (Å²) >= 11 is 1.41. The Morgan fingerprint density at radius 2 is 1.95 bits per heavy atom. The maximum atomic E-state index is 5.98. The molecule has 0 bridgehead atoms. The van der Waals surface area contributed by atoms with Crippen molar-refractivity contribution in [2.75, 3.05) is 0 Å². The van der Waals surface area contributed by atoms with Crippen molar-refractivity contribution < 1.29 is 0 Å². The monoisotopic (exact) mass is 298 g/mol. The third-order valence-electron chi connectivity index (χ3n) is 2.92. The predicted molar refractivity (Wildman–Crippen MR) is 80.1 cm³/mol. The molecule has 2 N–H and O–H groups in total. The molecule has 2 heterocycles. The molecule has 0 aliphatic heterocycles. The van der Waals surface area contributed by atoms with Gasteiger partial charge in [0.1, 0.15) is 5.03 Å². The summed E-state index contributed by atoms with van der Waals surface area (Å²) in [5, 5.41) is 13.3. The van der Waals surface area contributed by atoms with Gasteiger partial charge in [-0.3, -0.25) is 0 Å².